The third-order valence-corrected chi connectivity index (χ3v) is 4.49. The molecule has 0 saturated carbocycles. The van der Waals surface area contributed by atoms with Crippen LogP contribution in [0, 0.1) is 25.2 Å². The molecule has 3 aromatic rings. The Morgan fingerprint density at radius 3 is 1.77 bits per heavy atom. The highest BCUT2D eigenvalue weighted by atomic mass is 16.5. The normalized spacial score (nSPS) is 12.2. The van der Waals surface area contributed by atoms with Gasteiger partial charge in [-0.2, -0.15) is 5.26 Å². The minimum Gasteiger partial charge on any atom is -0.458 e. The van der Waals surface area contributed by atoms with Crippen molar-refractivity contribution in [2.75, 3.05) is 0 Å². The van der Waals surface area contributed by atoms with E-state index < -0.39 is 11.5 Å². The van der Waals surface area contributed by atoms with Gasteiger partial charge in [0.15, 0.2) is 0 Å². The van der Waals surface area contributed by atoms with E-state index >= 15 is 0 Å². The summed E-state index contributed by atoms with van der Waals surface area (Å²) in [5.74, 6) is 0. The van der Waals surface area contributed by atoms with Crippen LogP contribution in [0.5, 0.6) is 6.01 Å². The van der Waals surface area contributed by atoms with Crippen LogP contribution in [0.2, 0.25) is 0 Å². The zero-order valence-corrected chi connectivity index (χ0v) is 15.2. The summed E-state index contributed by atoms with van der Waals surface area (Å²) >= 11 is 0. The quantitative estimate of drug-likeness (QED) is 0.690. The van der Waals surface area contributed by atoms with Gasteiger partial charge >= 0.3 is 6.01 Å². The van der Waals surface area contributed by atoms with Gasteiger partial charge in [0, 0.05) is 11.4 Å². The summed E-state index contributed by atoms with van der Waals surface area (Å²) in [6, 6.07) is 24.1. The molecule has 0 aliphatic heterocycles. The topological polar surface area (TPSA) is 58.8 Å². The first-order chi connectivity index (χ1) is 12.6. The largest absolute Gasteiger partial charge is 0.458 e. The van der Waals surface area contributed by atoms with E-state index in [1.54, 1.807) is 0 Å². The van der Waals surface area contributed by atoms with Crippen LogP contribution in [0.4, 0.5) is 0 Å². The summed E-state index contributed by atoms with van der Waals surface area (Å²) in [6.07, 6.45) is -0.488. The molecular weight excluding hydrogens is 322 g/mol. The number of nitrogens with zero attached hydrogens (tertiary/aromatic N) is 3. The number of aromatic nitrogens is 2. The van der Waals surface area contributed by atoms with Gasteiger partial charge in [-0.3, -0.25) is 0 Å². The van der Waals surface area contributed by atoms with Crippen LogP contribution in [-0.4, -0.2) is 16.1 Å². The predicted molar refractivity (Wildman–Crippen MR) is 101 cm³/mol. The molecule has 1 atom stereocenters. The molecule has 0 saturated heterocycles. The van der Waals surface area contributed by atoms with Crippen molar-refractivity contribution in [2.45, 2.75) is 32.3 Å². The minimum absolute atomic E-state index is 0.293. The second-order valence-corrected chi connectivity index (χ2v) is 6.35. The number of aryl methyl sites for hydroxylation is 2. The maximum atomic E-state index is 10.3. The van der Waals surface area contributed by atoms with Crippen LogP contribution < -0.4 is 4.74 Å². The summed E-state index contributed by atoms with van der Waals surface area (Å²) < 4.78 is 6.10. The third-order valence-electron chi connectivity index (χ3n) is 4.49. The van der Waals surface area contributed by atoms with Gasteiger partial charge in [-0.1, -0.05) is 60.7 Å². The molecule has 0 fully saturated rings. The summed E-state index contributed by atoms with van der Waals surface area (Å²) in [5.41, 5.74) is 2.46. The molecular formula is C22H21N3O. The Bertz CT molecular complexity index is 857. The van der Waals surface area contributed by atoms with Crippen molar-refractivity contribution >= 4 is 0 Å². The second-order valence-electron chi connectivity index (χ2n) is 6.35. The van der Waals surface area contributed by atoms with Crippen LogP contribution in [-0.2, 0) is 5.41 Å². The highest BCUT2D eigenvalue weighted by Gasteiger charge is 2.42. The lowest BCUT2D eigenvalue weighted by molar-refractivity contribution is 0.158. The molecule has 26 heavy (non-hydrogen) atoms. The van der Waals surface area contributed by atoms with Gasteiger partial charge in [0.1, 0.15) is 11.5 Å². The van der Waals surface area contributed by atoms with Crippen LogP contribution >= 0.6 is 0 Å². The van der Waals surface area contributed by atoms with Crippen LogP contribution in [0.3, 0.4) is 0 Å². The van der Waals surface area contributed by atoms with Gasteiger partial charge in [0.05, 0.1) is 6.07 Å². The molecule has 4 heteroatoms. The summed E-state index contributed by atoms with van der Waals surface area (Å²) in [4.78, 5) is 8.73. The summed E-state index contributed by atoms with van der Waals surface area (Å²) in [7, 11) is 0. The van der Waals surface area contributed by atoms with Gasteiger partial charge in [-0.15, -0.1) is 0 Å². The van der Waals surface area contributed by atoms with Crippen molar-refractivity contribution < 1.29 is 4.74 Å². The Labute approximate surface area is 154 Å². The number of hydrogen-bond donors (Lipinski definition) is 0. The zero-order chi connectivity index (χ0) is 18.6. The number of benzene rings is 2. The van der Waals surface area contributed by atoms with E-state index in [4.69, 9.17) is 4.74 Å². The van der Waals surface area contributed by atoms with Crippen LogP contribution in [0.25, 0.3) is 0 Å². The van der Waals surface area contributed by atoms with E-state index in [1.165, 1.54) is 0 Å². The monoisotopic (exact) mass is 343 g/mol. The fraction of sp³-hybridized carbons (Fsp3) is 0.227. The molecule has 0 N–H and O–H groups in total. The van der Waals surface area contributed by atoms with Crippen molar-refractivity contribution in [1.82, 2.24) is 9.97 Å². The maximum Gasteiger partial charge on any atom is 0.317 e. The predicted octanol–water partition coefficient (Wildman–Crippen LogP) is 4.37. The van der Waals surface area contributed by atoms with E-state index in [-0.39, 0.29) is 0 Å². The fourth-order valence-corrected chi connectivity index (χ4v) is 3.25. The van der Waals surface area contributed by atoms with Gasteiger partial charge in [-0.05, 0) is 38.0 Å². The molecule has 1 aromatic heterocycles. The number of rotatable bonds is 5. The van der Waals surface area contributed by atoms with E-state index in [9.17, 15) is 5.26 Å². The van der Waals surface area contributed by atoms with E-state index in [0.717, 1.165) is 22.5 Å². The number of ether oxygens (including phenoxy) is 1. The smallest absolute Gasteiger partial charge is 0.317 e. The Morgan fingerprint density at radius 2 is 1.35 bits per heavy atom. The van der Waals surface area contributed by atoms with Crippen LogP contribution in [0.1, 0.15) is 29.4 Å². The van der Waals surface area contributed by atoms with Crippen molar-refractivity contribution in [3.05, 3.63) is 89.2 Å². The minimum atomic E-state index is -0.969. The molecule has 0 amide bonds. The Morgan fingerprint density at radius 1 is 0.885 bits per heavy atom. The molecule has 130 valence electrons. The Hall–Kier alpha value is -3.19. The number of nitriles is 1. The van der Waals surface area contributed by atoms with Gasteiger partial charge < -0.3 is 4.74 Å². The first-order valence-electron chi connectivity index (χ1n) is 8.57. The molecule has 1 heterocycles. The molecule has 0 aliphatic rings. The molecule has 2 aromatic carbocycles. The fourth-order valence-electron chi connectivity index (χ4n) is 3.25. The first-order valence-corrected chi connectivity index (χ1v) is 8.57. The lowest BCUT2D eigenvalue weighted by Gasteiger charge is -2.33. The van der Waals surface area contributed by atoms with Gasteiger partial charge in [-0.25, -0.2) is 9.97 Å². The summed E-state index contributed by atoms with van der Waals surface area (Å²) in [6.45, 7) is 5.69. The van der Waals surface area contributed by atoms with Crippen molar-refractivity contribution in [3.8, 4) is 12.1 Å². The second kappa shape index (κ2) is 7.37. The van der Waals surface area contributed by atoms with Crippen molar-refractivity contribution in [3.63, 3.8) is 0 Å². The van der Waals surface area contributed by atoms with Gasteiger partial charge in [0.25, 0.3) is 0 Å². The molecule has 3 rings (SSSR count). The third kappa shape index (κ3) is 3.29. The zero-order valence-electron chi connectivity index (χ0n) is 15.2. The molecule has 0 aliphatic carbocycles. The Balaban J connectivity index is 2.10. The van der Waals surface area contributed by atoms with E-state index in [2.05, 4.69) is 16.0 Å². The summed E-state index contributed by atoms with van der Waals surface area (Å²) in [5, 5.41) is 10.3. The highest BCUT2D eigenvalue weighted by Crippen LogP contribution is 2.36. The van der Waals surface area contributed by atoms with Crippen LogP contribution in [0.15, 0.2) is 66.7 Å². The Kier molecular flexibility index (Phi) is 4.99. The van der Waals surface area contributed by atoms with Gasteiger partial charge in [0.2, 0.25) is 0 Å². The van der Waals surface area contributed by atoms with Crippen molar-refractivity contribution in [1.29, 1.82) is 5.26 Å². The lowest BCUT2D eigenvalue weighted by atomic mass is 9.72. The lowest BCUT2D eigenvalue weighted by Crippen LogP contribution is -2.41. The standard InChI is InChI=1S/C22H21N3O/c1-16-14-17(2)25-21(24-16)26-18(3)22(15-23,19-10-6-4-7-11-19)20-12-8-5-9-13-20/h4-14,18H,1-3H3/t18-/m0/s1. The molecule has 0 unspecified atom stereocenters. The highest BCUT2D eigenvalue weighted by molar-refractivity contribution is 5.47. The number of hydrogen-bond acceptors (Lipinski definition) is 4. The molecule has 0 radical (unpaired) electrons. The first kappa shape index (κ1) is 17.6. The van der Waals surface area contributed by atoms with E-state index in [0.29, 0.717) is 6.01 Å². The molecule has 0 spiro atoms. The van der Waals surface area contributed by atoms with Crippen molar-refractivity contribution in [2.24, 2.45) is 0 Å². The average Bonchev–Trinajstić information content (AvgIpc) is 2.64. The average molecular weight is 343 g/mol. The molecule has 0 bridgehead atoms. The molecule has 4 nitrogen and oxygen atoms in total. The maximum absolute atomic E-state index is 10.3. The van der Waals surface area contributed by atoms with E-state index in [1.807, 2.05) is 87.5 Å². The SMILES string of the molecule is Cc1cc(C)nc(O[C@@H](C)C(C#N)(c2ccccc2)c2ccccc2)n1.